The zero-order chi connectivity index (χ0) is 13.8. The predicted molar refractivity (Wildman–Crippen MR) is 64.8 cm³/mol. The average molecular weight is 240 g/mol. The first-order valence-corrected chi connectivity index (χ1v) is 5.65. The first kappa shape index (κ1) is 15.5. The van der Waals surface area contributed by atoms with Gasteiger partial charge in [0.25, 0.3) is 0 Å². The fraction of sp³-hybridized carbons (Fsp3) is 0.667. The van der Waals surface area contributed by atoms with E-state index in [4.69, 9.17) is 11.1 Å². The first-order chi connectivity index (χ1) is 7.68. The summed E-state index contributed by atoms with van der Waals surface area (Å²) in [6.45, 7) is 6.73. The predicted octanol–water partition coefficient (Wildman–Crippen LogP) is 1.09. The zero-order valence-electron chi connectivity index (χ0n) is 10.8. The Morgan fingerprint density at radius 2 is 1.71 bits per heavy atom. The number of ketones is 2. The van der Waals surface area contributed by atoms with Crippen molar-refractivity contribution < 1.29 is 14.4 Å². The Bertz CT molecular complexity index is 359. The van der Waals surface area contributed by atoms with E-state index in [0.29, 0.717) is 6.42 Å². The second-order valence-corrected chi connectivity index (χ2v) is 4.67. The molecule has 0 aliphatic heterocycles. The molecule has 96 valence electrons. The van der Waals surface area contributed by atoms with E-state index >= 15 is 0 Å². The highest BCUT2D eigenvalue weighted by Gasteiger charge is 2.36. The smallest absolute Gasteiger partial charge is 0.243 e. The van der Waals surface area contributed by atoms with E-state index in [-0.39, 0.29) is 6.42 Å². The Morgan fingerprint density at radius 3 is 2.00 bits per heavy atom. The van der Waals surface area contributed by atoms with Crippen molar-refractivity contribution >= 4 is 23.2 Å². The molecule has 0 heterocycles. The minimum atomic E-state index is -0.973. The number of hydrogen-bond acceptors (Lipinski definition) is 4. The summed E-state index contributed by atoms with van der Waals surface area (Å²) in [4.78, 5) is 34.6. The number of amides is 1. The van der Waals surface area contributed by atoms with Crippen LogP contribution in [-0.4, -0.2) is 23.2 Å². The van der Waals surface area contributed by atoms with Gasteiger partial charge in [0.15, 0.2) is 0 Å². The third-order valence-corrected chi connectivity index (χ3v) is 3.05. The molecule has 0 aliphatic carbocycles. The fourth-order valence-electron chi connectivity index (χ4n) is 1.30. The number of nitrogens with two attached hydrogens (primary N) is 1. The summed E-state index contributed by atoms with van der Waals surface area (Å²) < 4.78 is 0. The van der Waals surface area contributed by atoms with Crippen LogP contribution in [0.4, 0.5) is 0 Å². The molecule has 0 spiro atoms. The largest absolute Gasteiger partial charge is 0.369 e. The van der Waals surface area contributed by atoms with Gasteiger partial charge >= 0.3 is 0 Å². The van der Waals surface area contributed by atoms with Crippen LogP contribution in [0.1, 0.15) is 40.5 Å². The maximum absolute atomic E-state index is 11.8. The van der Waals surface area contributed by atoms with Crippen LogP contribution in [-0.2, 0) is 14.4 Å². The van der Waals surface area contributed by atoms with E-state index in [1.807, 2.05) is 0 Å². The minimum Gasteiger partial charge on any atom is -0.369 e. The summed E-state index contributed by atoms with van der Waals surface area (Å²) in [5, 5.41) is 7.60. The van der Waals surface area contributed by atoms with Crippen molar-refractivity contribution in [3.8, 4) is 0 Å². The van der Waals surface area contributed by atoms with Crippen LogP contribution in [0.3, 0.4) is 0 Å². The number of Topliss-reactive ketones (excluding diaryl/α,β-unsaturated/α-hetero) is 2. The lowest BCUT2D eigenvalue weighted by atomic mass is 9.80. The number of hydrogen-bond donors (Lipinski definition) is 2. The van der Waals surface area contributed by atoms with E-state index in [0.717, 1.165) is 0 Å². The van der Waals surface area contributed by atoms with E-state index in [9.17, 15) is 14.4 Å². The molecule has 5 heteroatoms. The molecule has 0 radical (unpaired) electrons. The van der Waals surface area contributed by atoms with Gasteiger partial charge in [-0.25, -0.2) is 0 Å². The monoisotopic (exact) mass is 240 g/mol. The van der Waals surface area contributed by atoms with Crippen molar-refractivity contribution in [1.29, 1.82) is 5.41 Å². The van der Waals surface area contributed by atoms with Crippen molar-refractivity contribution in [2.45, 2.75) is 40.5 Å². The lowest BCUT2D eigenvalue weighted by molar-refractivity contribution is -0.138. The van der Waals surface area contributed by atoms with Gasteiger partial charge in [-0.2, -0.15) is 0 Å². The molecule has 1 amide bonds. The molecule has 0 aromatic heterocycles. The fourth-order valence-corrected chi connectivity index (χ4v) is 1.30. The van der Waals surface area contributed by atoms with Crippen LogP contribution in [0, 0.1) is 16.7 Å². The second-order valence-electron chi connectivity index (χ2n) is 4.67. The highest BCUT2D eigenvalue weighted by molar-refractivity contribution is 6.66. The first-order valence-electron chi connectivity index (χ1n) is 5.65. The van der Waals surface area contributed by atoms with Crippen LogP contribution in [0.5, 0.6) is 0 Å². The molecule has 3 N–H and O–H groups in total. The van der Waals surface area contributed by atoms with Crippen LogP contribution >= 0.6 is 0 Å². The van der Waals surface area contributed by atoms with Gasteiger partial charge < -0.3 is 11.1 Å². The van der Waals surface area contributed by atoms with Crippen molar-refractivity contribution in [3.05, 3.63) is 0 Å². The highest BCUT2D eigenvalue weighted by atomic mass is 16.2. The molecular formula is C12H20N2O3. The van der Waals surface area contributed by atoms with Gasteiger partial charge in [-0.3, -0.25) is 14.4 Å². The lowest BCUT2D eigenvalue weighted by Crippen LogP contribution is -2.41. The molecule has 0 saturated heterocycles. The van der Waals surface area contributed by atoms with Crippen LogP contribution in [0.25, 0.3) is 0 Å². The SMILES string of the molecule is CCC(C(=N)C(=O)C(=O)C(C)(C)CC)C(N)=O. The highest BCUT2D eigenvalue weighted by Crippen LogP contribution is 2.22. The van der Waals surface area contributed by atoms with Gasteiger partial charge in [-0.15, -0.1) is 0 Å². The van der Waals surface area contributed by atoms with Crippen molar-refractivity contribution in [2.75, 3.05) is 0 Å². The Hall–Kier alpha value is -1.52. The Labute approximate surface area is 101 Å². The van der Waals surface area contributed by atoms with Gasteiger partial charge in [0.05, 0.1) is 11.6 Å². The number of carbonyl (C=O) groups is 3. The molecule has 0 aromatic carbocycles. The van der Waals surface area contributed by atoms with Gasteiger partial charge in [0.1, 0.15) is 0 Å². The molecule has 0 aromatic rings. The summed E-state index contributed by atoms with van der Waals surface area (Å²) in [7, 11) is 0. The van der Waals surface area contributed by atoms with Gasteiger partial charge in [-0.1, -0.05) is 27.7 Å². The second kappa shape index (κ2) is 5.70. The molecule has 1 unspecified atom stereocenters. The molecule has 5 nitrogen and oxygen atoms in total. The third kappa shape index (κ3) is 3.47. The topological polar surface area (TPSA) is 101 Å². The van der Waals surface area contributed by atoms with E-state index in [1.54, 1.807) is 27.7 Å². The van der Waals surface area contributed by atoms with Gasteiger partial charge in [0.2, 0.25) is 17.5 Å². The summed E-state index contributed by atoms with van der Waals surface area (Å²) in [6.07, 6.45) is 0.748. The van der Waals surface area contributed by atoms with E-state index < -0.39 is 34.5 Å². The maximum atomic E-state index is 11.8. The number of carbonyl (C=O) groups excluding carboxylic acids is 3. The van der Waals surface area contributed by atoms with Gasteiger partial charge in [0, 0.05) is 5.41 Å². The van der Waals surface area contributed by atoms with Crippen molar-refractivity contribution in [3.63, 3.8) is 0 Å². The summed E-state index contributed by atoms with van der Waals surface area (Å²) in [5.74, 6) is -3.25. The number of primary amides is 1. The Kier molecular flexibility index (Phi) is 5.19. The summed E-state index contributed by atoms with van der Waals surface area (Å²) in [6, 6.07) is 0. The molecule has 0 aliphatic rings. The maximum Gasteiger partial charge on any atom is 0.243 e. The van der Waals surface area contributed by atoms with Crippen molar-refractivity contribution in [1.82, 2.24) is 0 Å². The summed E-state index contributed by atoms with van der Waals surface area (Å²) >= 11 is 0. The third-order valence-electron chi connectivity index (χ3n) is 3.05. The Balaban J connectivity index is 5.01. The van der Waals surface area contributed by atoms with E-state index in [1.165, 1.54) is 0 Å². The summed E-state index contributed by atoms with van der Waals surface area (Å²) in [5.41, 5.74) is 3.78. The molecule has 17 heavy (non-hydrogen) atoms. The standard InChI is InChI=1S/C12H20N2O3/c1-5-7(11(14)17)8(13)9(15)10(16)12(3,4)6-2/h7,13H,5-6H2,1-4H3,(H2,14,17). The molecule has 1 atom stereocenters. The molecular weight excluding hydrogens is 220 g/mol. The average Bonchev–Trinajstić information content (AvgIpc) is 2.27. The van der Waals surface area contributed by atoms with Crippen molar-refractivity contribution in [2.24, 2.45) is 17.1 Å². The minimum absolute atomic E-state index is 0.250. The molecule has 0 saturated carbocycles. The van der Waals surface area contributed by atoms with Crippen LogP contribution < -0.4 is 5.73 Å². The quantitative estimate of drug-likeness (QED) is 0.514. The molecule has 0 rings (SSSR count). The van der Waals surface area contributed by atoms with E-state index in [2.05, 4.69) is 0 Å². The lowest BCUT2D eigenvalue weighted by Gasteiger charge is -2.21. The molecule has 0 bridgehead atoms. The van der Waals surface area contributed by atoms with Gasteiger partial charge in [-0.05, 0) is 12.8 Å². The van der Waals surface area contributed by atoms with Crippen LogP contribution in [0.2, 0.25) is 0 Å². The normalized spacial score (nSPS) is 12.9. The number of nitrogens with one attached hydrogen (secondary N) is 1. The molecule has 0 fully saturated rings. The number of rotatable bonds is 7. The zero-order valence-corrected chi connectivity index (χ0v) is 10.8. The van der Waals surface area contributed by atoms with Crippen LogP contribution in [0.15, 0.2) is 0 Å². The Morgan fingerprint density at radius 1 is 1.24 bits per heavy atom.